The molecule has 0 spiro atoms. The van der Waals surface area contributed by atoms with Gasteiger partial charge in [0, 0.05) is 0 Å². The first-order valence-corrected chi connectivity index (χ1v) is 6.26. The van der Waals surface area contributed by atoms with E-state index in [4.69, 9.17) is 5.73 Å². The molecule has 1 aromatic carbocycles. The van der Waals surface area contributed by atoms with Crippen LogP contribution in [0.5, 0.6) is 0 Å². The fourth-order valence-electron chi connectivity index (χ4n) is 1.59. The van der Waals surface area contributed by atoms with Crippen molar-refractivity contribution < 1.29 is 9.42 Å². The molecule has 0 aliphatic rings. The highest BCUT2D eigenvalue weighted by molar-refractivity contribution is 7.18. The van der Waals surface area contributed by atoms with E-state index in [9.17, 15) is 4.79 Å². The number of nitrogen functional groups attached to an aromatic ring is 1. The number of benzene rings is 1. The highest BCUT2D eigenvalue weighted by atomic mass is 32.1. The minimum absolute atomic E-state index is 0.0129. The van der Waals surface area contributed by atoms with Crippen molar-refractivity contribution in [2.45, 2.75) is 6.54 Å². The lowest BCUT2D eigenvalue weighted by Crippen LogP contribution is -2.23. The molecule has 0 aliphatic heterocycles. The highest BCUT2D eigenvalue weighted by Gasteiger charge is 2.16. The number of thiazole rings is 1. The smallest absolute Gasteiger partial charge is 0.277 e. The molecule has 8 heteroatoms. The Morgan fingerprint density at radius 3 is 2.95 bits per heavy atom. The molecule has 0 aliphatic carbocycles. The van der Waals surface area contributed by atoms with Crippen molar-refractivity contribution in [3.63, 3.8) is 0 Å². The van der Waals surface area contributed by atoms with Crippen LogP contribution in [0, 0.1) is 0 Å². The maximum absolute atomic E-state index is 11.7. The number of hydrogen-bond acceptors (Lipinski definition) is 7. The second-order valence-electron chi connectivity index (χ2n) is 3.76. The van der Waals surface area contributed by atoms with Gasteiger partial charge in [-0.2, -0.15) is 0 Å². The number of nitrogens with zero attached hydrogens (tertiary/aromatic N) is 3. The minimum atomic E-state index is -0.432. The minimum Gasteiger partial charge on any atom is -0.379 e. The van der Waals surface area contributed by atoms with Crippen LogP contribution in [-0.4, -0.2) is 21.2 Å². The molecule has 19 heavy (non-hydrogen) atoms. The number of carbonyl (C=O) groups is 1. The Kier molecular flexibility index (Phi) is 2.84. The molecule has 2 heterocycles. The van der Waals surface area contributed by atoms with Crippen LogP contribution in [0.25, 0.3) is 10.2 Å². The second kappa shape index (κ2) is 4.65. The third-order valence-corrected chi connectivity index (χ3v) is 3.50. The summed E-state index contributed by atoms with van der Waals surface area (Å²) in [6.07, 6.45) is 0. The monoisotopic (exact) mass is 275 g/mol. The molecule has 0 atom stereocenters. The molecule has 96 valence electrons. The first-order chi connectivity index (χ1) is 9.24. The van der Waals surface area contributed by atoms with Gasteiger partial charge in [-0.25, -0.2) is 9.61 Å². The average molecular weight is 275 g/mol. The second-order valence-corrected chi connectivity index (χ2v) is 4.87. The number of nitrogens with one attached hydrogen (secondary N) is 1. The van der Waals surface area contributed by atoms with Crippen LogP contribution in [0.2, 0.25) is 0 Å². The van der Waals surface area contributed by atoms with E-state index in [1.165, 1.54) is 11.3 Å². The topological polar surface area (TPSA) is 107 Å². The maximum atomic E-state index is 11.7. The third-order valence-electron chi connectivity index (χ3n) is 2.47. The van der Waals surface area contributed by atoms with Gasteiger partial charge in [0.2, 0.25) is 11.5 Å². The van der Waals surface area contributed by atoms with E-state index in [2.05, 4.69) is 25.2 Å². The van der Waals surface area contributed by atoms with Crippen LogP contribution >= 0.6 is 11.3 Å². The normalized spacial score (nSPS) is 10.7. The summed E-state index contributed by atoms with van der Waals surface area (Å²) in [5.74, 6) is -0.459. The van der Waals surface area contributed by atoms with Gasteiger partial charge < -0.3 is 11.1 Å². The Morgan fingerprint density at radius 2 is 2.21 bits per heavy atom. The van der Waals surface area contributed by atoms with Crippen molar-refractivity contribution >= 4 is 33.3 Å². The van der Waals surface area contributed by atoms with Crippen LogP contribution < -0.4 is 11.1 Å². The zero-order valence-electron chi connectivity index (χ0n) is 9.66. The zero-order valence-corrected chi connectivity index (χ0v) is 10.5. The number of amides is 1. The SMILES string of the molecule is Nc1nonc1C(=O)NCc1nc2ccccc2s1. The van der Waals surface area contributed by atoms with E-state index in [0.29, 0.717) is 6.54 Å². The lowest BCUT2D eigenvalue weighted by Gasteiger charge is -1.98. The zero-order chi connectivity index (χ0) is 13.2. The lowest BCUT2D eigenvalue weighted by molar-refractivity contribution is 0.0941. The maximum Gasteiger partial charge on any atom is 0.277 e. The number of nitrogens with two attached hydrogens (primary N) is 1. The van der Waals surface area contributed by atoms with Crippen LogP contribution in [0.1, 0.15) is 15.5 Å². The summed E-state index contributed by atoms with van der Waals surface area (Å²) in [6.45, 7) is 0.310. The summed E-state index contributed by atoms with van der Waals surface area (Å²) >= 11 is 1.52. The molecule has 2 aromatic heterocycles. The Balaban J connectivity index is 1.72. The van der Waals surface area contributed by atoms with Crippen LogP contribution in [-0.2, 0) is 6.54 Å². The van der Waals surface area contributed by atoms with Crippen molar-refractivity contribution in [1.29, 1.82) is 0 Å². The first-order valence-electron chi connectivity index (χ1n) is 5.45. The highest BCUT2D eigenvalue weighted by Crippen LogP contribution is 2.21. The van der Waals surface area contributed by atoms with Crippen molar-refractivity contribution in [3.8, 4) is 0 Å². The van der Waals surface area contributed by atoms with E-state index in [-0.39, 0.29) is 11.5 Å². The summed E-state index contributed by atoms with van der Waals surface area (Å²) in [7, 11) is 0. The molecule has 1 amide bonds. The molecule has 0 radical (unpaired) electrons. The Morgan fingerprint density at radius 1 is 1.37 bits per heavy atom. The van der Waals surface area contributed by atoms with Crippen molar-refractivity contribution in [2.24, 2.45) is 0 Å². The standard InChI is InChI=1S/C11H9N5O2S/c12-10-9(15-18-16-10)11(17)13-5-8-14-6-3-1-2-4-7(6)19-8/h1-4H,5H2,(H2,12,16)(H,13,17). The number of hydrogen-bond donors (Lipinski definition) is 2. The van der Waals surface area contributed by atoms with Gasteiger partial charge >= 0.3 is 0 Å². The molecular weight excluding hydrogens is 266 g/mol. The molecule has 0 unspecified atom stereocenters. The Hall–Kier alpha value is -2.48. The molecular formula is C11H9N5O2S. The number of rotatable bonds is 3. The van der Waals surface area contributed by atoms with Gasteiger partial charge in [0.15, 0.2) is 0 Å². The fraction of sp³-hybridized carbons (Fsp3) is 0.0909. The molecule has 3 rings (SSSR count). The van der Waals surface area contributed by atoms with Crippen LogP contribution in [0.3, 0.4) is 0 Å². The molecule has 0 bridgehead atoms. The summed E-state index contributed by atoms with van der Waals surface area (Å²) in [4.78, 5) is 16.1. The lowest BCUT2D eigenvalue weighted by atomic mass is 10.3. The summed E-state index contributed by atoms with van der Waals surface area (Å²) in [5, 5.41) is 10.3. The largest absolute Gasteiger partial charge is 0.379 e. The van der Waals surface area contributed by atoms with Crippen LogP contribution in [0.15, 0.2) is 28.9 Å². The first kappa shape index (κ1) is 11.6. The van der Waals surface area contributed by atoms with Gasteiger partial charge in [0.25, 0.3) is 5.91 Å². The number of para-hydroxylation sites is 1. The van der Waals surface area contributed by atoms with E-state index in [0.717, 1.165) is 15.2 Å². The quantitative estimate of drug-likeness (QED) is 0.743. The Bertz CT molecular complexity index is 702. The van der Waals surface area contributed by atoms with Gasteiger partial charge in [-0.3, -0.25) is 4.79 Å². The fourth-order valence-corrected chi connectivity index (χ4v) is 2.50. The Labute approximate surface area is 111 Å². The van der Waals surface area contributed by atoms with Crippen LogP contribution in [0.4, 0.5) is 5.82 Å². The summed E-state index contributed by atoms with van der Waals surface area (Å²) < 4.78 is 5.45. The molecule has 3 aromatic rings. The molecule has 0 saturated carbocycles. The van der Waals surface area contributed by atoms with Gasteiger partial charge in [-0.15, -0.1) is 11.3 Å². The number of aromatic nitrogens is 3. The molecule has 0 fully saturated rings. The molecule has 3 N–H and O–H groups in total. The van der Waals surface area contributed by atoms with Gasteiger partial charge in [0.05, 0.1) is 16.8 Å². The van der Waals surface area contributed by atoms with Crippen molar-refractivity contribution in [3.05, 3.63) is 35.0 Å². The molecule has 7 nitrogen and oxygen atoms in total. The van der Waals surface area contributed by atoms with E-state index in [1.54, 1.807) is 0 Å². The predicted octanol–water partition coefficient (Wildman–Crippen LogP) is 1.19. The van der Waals surface area contributed by atoms with Gasteiger partial charge in [-0.1, -0.05) is 12.1 Å². The average Bonchev–Trinajstić information content (AvgIpc) is 3.01. The molecule has 0 saturated heterocycles. The number of fused-ring (bicyclic) bond motifs is 1. The third kappa shape index (κ3) is 2.25. The van der Waals surface area contributed by atoms with Crippen molar-refractivity contribution in [2.75, 3.05) is 5.73 Å². The summed E-state index contributed by atoms with van der Waals surface area (Å²) in [5.41, 5.74) is 6.33. The van der Waals surface area contributed by atoms with E-state index >= 15 is 0 Å². The van der Waals surface area contributed by atoms with Gasteiger partial charge in [-0.05, 0) is 22.4 Å². The number of carbonyl (C=O) groups excluding carboxylic acids is 1. The summed E-state index contributed by atoms with van der Waals surface area (Å²) in [6, 6.07) is 7.78. The van der Waals surface area contributed by atoms with E-state index < -0.39 is 5.91 Å². The van der Waals surface area contributed by atoms with Gasteiger partial charge in [0.1, 0.15) is 5.01 Å². The van der Waals surface area contributed by atoms with E-state index in [1.807, 2.05) is 24.3 Å². The predicted molar refractivity (Wildman–Crippen MR) is 69.5 cm³/mol. The number of anilines is 1. The van der Waals surface area contributed by atoms with Crippen molar-refractivity contribution in [1.82, 2.24) is 20.6 Å².